The molecule has 0 aromatic carbocycles. The normalized spacial score (nSPS) is 12.4. The topological polar surface area (TPSA) is 72.7 Å². The second-order valence-corrected chi connectivity index (χ2v) is 7.10. The van der Waals surface area contributed by atoms with Gasteiger partial charge in [-0.2, -0.15) is 5.10 Å². The zero-order valence-electron chi connectivity index (χ0n) is 14.7. The van der Waals surface area contributed by atoms with E-state index in [0.29, 0.717) is 11.6 Å². The Hall–Kier alpha value is -2.54. The molecule has 3 aromatic heterocycles. The molecule has 0 unspecified atom stereocenters. The Labute approximate surface area is 150 Å². The van der Waals surface area contributed by atoms with Crippen LogP contribution in [0.5, 0.6) is 0 Å². The van der Waals surface area contributed by atoms with Crippen LogP contribution in [0.1, 0.15) is 59.5 Å². The second-order valence-electron chi connectivity index (χ2n) is 6.21. The maximum atomic E-state index is 12.4. The van der Waals surface area contributed by atoms with E-state index in [1.165, 1.54) is 11.3 Å². The van der Waals surface area contributed by atoms with Crippen molar-refractivity contribution < 1.29 is 4.79 Å². The highest BCUT2D eigenvalue weighted by Gasteiger charge is 2.19. The molecule has 3 rings (SSSR count). The summed E-state index contributed by atoms with van der Waals surface area (Å²) in [5.74, 6) is 0.911. The van der Waals surface area contributed by atoms with Gasteiger partial charge >= 0.3 is 0 Å². The molecule has 0 aliphatic carbocycles. The first kappa shape index (κ1) is 17.3. The molecule has 3 heterocycles. The smallest absolute Gasteiger partial charge is 0.271 e. The second kappa shape index (κ2) is 7.14. The Bertz CT molecular complexity index is 869. The van der Waals surface area contributed by atoms with Crippen LogP contribution < -0.4 is 5.32 Å². The van der Waals surface area contributed by atoms with Crippen molar-refractivity contribution in [1.29, 1.82) is 0 Å². The summed E-state index contributed by atoms with van der Waals surface area (Å²) in [4.78, 5) is 21.2. The third-order valence-electron chi connectivity index (χ3n) is 3.98. The van der Waals surface area contributed by atoms with Crippen LogP contribution in [0, 0.1) is 6.92 Å². The van der Waals surface area contributed by atoms with E-state index in [2.05, 4.69) is 34.2 Å². The Morgan fingerprint density at radius 2 is 2.08 bits per heavy atom. The van der Waals surface area contributed by atoms with Crippen molar-refractivity contribution >= 4 is 17.2 Å². The molecule has 0 spiro atoms. The molecule has 0 fully saturated rings. The predicted molar refractivity (Wildman–Crippen MR) is 98.2 cm³/mol. The summed E-state index contributed by atoms with van der Waals surface area (Å²) < 4.78 is 1.78. The number of carbonyl (C=O) groups is 1. The third-order valence-corrected chi connectivity index (χ3v) is 5.12. The lowest BCUT2D eigenvalue weighted by atomic mass is 10.1. The molecule has 130 valence electrons. The van der Waals surface area contributed by atoms with Crippen molar-refractivity contribution in [3.05, 3.63) is 57.9 Å². The lowest BCUT2D eigenvalue weighted by Gasteiger charge is -2.13. The maximum absolute atomic E-state index is 12.4. The number of carbonyl (C=O) groups excluding carboxylic acids is 1. The SMILES string of the molecule is Cc1c([C@@H](C)NC(=O)c2csc(C(C)C)n2)cnn1-c1ccccn1. The van der Waals surface area contributed by atoms with E-state index in [1.807, 2.05) is 37.4 Å². The molecule has 0 aliphatic heterocycles. The number of hydrogen-bond acceptors (Lipinski definition) is 5. The monoisotopic (exact) mass is 355 g/mol. The standard InChI is InChI=1S/C18H21N5OS/c1-11(2)18-22-15(10-25-18)17(24)21-12(3)14-9-20-23(13(14)4)16-7-5-6-8-19-16/h5-12H,1-4H3,(H,21,24)/t12-/m1/s1. The van der Waals surface area contributed by atoms with Gasteiger partial charge < -0.3 is 5.32 Å². The van der Waals surface area contributed by atoms with Crippen molar-refractivity contribution in [1.82, 2.24) is 25.1 Å². The zero-order valence-corrected chi connectivity index (χ0v) is 15.5. The Kier molecular flexibility index (Phi) is 4.94. The van der Waals surface area contributed by atoms with Crippen LogP contribution in [0.4, 0.5) is 0 Å². The number of thiazole rings is 1. The lowest BCUT2D eigenvalue weighted by Crippen LogP contribution is -2.27. The van der Waals surface area contributed by atoms with Crippen LogP contribution in [-0.4, -0.2) is 25.7 Å². The van der Waals surface area contributed by atoms with Crippen LogP contribution >= 0.6 is 11.3 Å². The van der Waals surface area contributed by atoms with E-state index >= 15 is 0 Å². The van der Waals surface area contributed by atoms with Gasteiger partial charge in [0.2, 0.25) is 0 Å². The Balaban J connectivity index is 1.76. The number of nitrogens with zero attached hydrogens (tertiary/aromatic N) is 4. The molecule has 1 amide bonds. The molecule has 0 saturated carbocycles. The minimum absolute atomic E-state index is 0.166. The zero-order chi connectivity index (χ0) is 18.0. The number of aromatic nitrogens is 4. The van der Waals surface area contributed by atoms with E-state index in [9.17, 15) is 4.79 Å². The fourth-order valence-electron chi connectivity index (χ4n) is 2.56. The largest absolute Gasteiger partial charge is 0.344 e. The van der Waals surface area contributed by atoms with Crippen molar-refractivity contribution in [3.63, 3.8) is 0 Å². The van der Waals surface area contributed by atoms with E-state index in [4.69, 9.17) is 0 Å². The average molecular weight is 355 g/mol. The van der Waals surface area contributed by atoms with Crippen molar-refractivity contribution in [2.24, 2.45) is 0 Å². The van der Waals surface area contributed by atoms with Gasteiger partial charge in [0, 0.05) is 28.8 Å². The molecule has 6 nitrogen and oxygen atoms in total. The molecule has 7 heteroatoms. The highest BCUT2D eigenvalue weighted by Crippen LogP contribution is 2.22. The first-order chi connectivity index (χ1) is 12.0. The van der Waals surface area contributed by atoms with Gasteiger partial charge in [0.25, 0.3) is 5.91 Å². The van der Waals surface area contributed by atoms with Gasteiger partial charge in [0.1, 0.15) is 5.69 Å². The number of rotatable bonds is 5. The summed E-state index contributed by atoms with van der Waals surface area (Å²) in [6.07, 6.45) is 3.51. The average Bonchev–Trinajstić information content (AvgIpc) is 3.22. The van der Waals surface area contributed by atoms with Gasteiger partial charge in [0.05, 0.1) is 17.2 Å². The number of hydrogen-bond donors (Lipinski definition) is 1. The van der Waals surface area contributed by atoms with Crippen LogP contribution in [0.2, 0.25) is 0 Å². The summed E-state index contributed by atoms with van der Waals surface area (Å²) in [6.45, 7) is 8.05. The van der Waals surface area contributed by atoms with Gasteiger partial charge in [-0.1, -0.05) is 19.9 Å². The van der Waals surface area contributed by atoms with E-state index in [-0.39, 0.29) is 11.9 Å². The molecular formula is C18H21N5OS. The molecule has 3 aromatic rings. The van der Waals surface area contributed by atoms with E-state index in [1.54, 1.807) is 17.1 Å². The molecular weight excluding hydrogens is 334 g/mol. The summed E-state index contributed by atoms with van der Waals surface area (Å²) in [6, 6.07) is 5.51. The molecule has 1 N–H and O–H groups in total. The molecule has 1 atom stereocenters. The number of nitrogens with one attached hydrogen (secondary N) is 1. The Morgan fingerprint density at radius 1 is 1.28 bits per heavy atom. The van der Waals surface area contributed by atoms with E-state index < -0.39 is 0 Å². The van der Waals surface area contributed by atoms with Gasteiger partial charge in [-0.05, 0) is 26.0 Å². The highest BCUT2D eigenvalue weighted by atomic mass is 32.1. The minimum Gasteiger partial charge on any atom is -0.344 e. The summed E-state index contributed by atoms with van der Waals surface area (Å²) >= 11 is 1.52. The van der Waals surface area contributed by atoms with Crippen LogP contribution in [-0.2, 0) is 0 Å². The van der Waals surface area contributed by atoms with Crippen molar-refractivity contribution in [3.8, 4) is 5.82 Å². The maximum Gasteiger partial charge on any atom is 0.271 e. The number of pyridine rings is 1. The predicted octanol–water partition coefficient (Wildman–Crippen LogP) is 3.65. The summed E-state index contributed by atoms with van der Waals surface area (Å²) in [7, 11) is 0. The van der Waals surface area contributed by atoms with Gasteiger partial charge in [-0.15, -0.1) is 11.3 Å². The van der Waals surface area contributed by atoms with Crippen molar-refractivity contribution in [2.75, 3.05) is 0 Å². The van der Waals surface area contributed by atoms with Gasteiger partial charge in [-0.3, -0.25) is 4.79 Å². The van der Waals surface area contributed by atoms with Crippen LogP contribution in [0.3, 0.4) is 0 Å². The van der Waals surface area contributed by atoms with Gasteiger partial charge in [0.15, 0.2) is 5.82 Å². The first-order valence-corrected chi connectivity index (χ1v) is 9.07. The minimum atomic E-state index is -0.172. The summed E-state index contributed by atoms with van der Waals surface area (Å²) in [5.41, 5.74) is 2.38. The molecule has 0 bridgehead atoms. The van der Waals surface area contributed by atoms with Gasteiger partial charge in [-0.25, -0.2) is 14.6 Å². The summed E-state index contributed by atoms with van der Waals surface area (Å²) in [5, 5.41) is 10.2. The third kappa shape index (κ3) is 3.61. The fraction of sp³-hybridized carbons (Fsp3) is 0.333. The van der Waals surface area contributed by atoms with Crippen LogP contribution in [0.25, 0.3) is 5.82 Å². The Morgan fingerprint density at radius 3 is 2.72 bits per heavy atom. The molecule has 25 heavy (non-hydrogen) atoms. The lowest BCUT2D eigenvalue weighted by molar-refractivity contribution is 0.0935. The molecule has 0 saturated heterocycles. The molecule has 0 aliphatic rings. The highest BCUT2D eigenvalue weighted by molar-refractivity contribution is 7.09. The first-order valence-electron chi connectivity index (χ1n) is 8.19. The quantitative estimate of drug-likeness (QED) is 0.758. The van der Waals surface area contributed by atoms with Crippen molar-refractivity contribution in [2.45, 2.75) is 39.7 Å². The van der Waals surface area contributed by atoms with Crippen LogP contribution in [0.15, 0.2) is 36.0 Å². The molecule has 0 radical (unpaired) electrons. The van der Waals surface area contributed by atoms with E-state index in [0.717, 1.165) is 22.1 Å². The fourth-order valence-corrected chi connectivity index (χ4v) is 3.38. The number of amides is 1.